The monoisotopic (exact) mass is 653 g/mol. The quantitative estimate of drug-likeness (QED) is 0.285. The Morgan fingerprint density at radius 2 is 1.76 bits per heavy atom. The molecule has 0 unspecified atom stereocenters. The van der Waals surface area contributed by atoms with Gasteiger partial charge in [-0.2, -0.15) is 0 Å². The van der Waals surface area contributed by atoms with E-state index in [1.165, 1.54) is 28.8 Å². The molecular weight excluding hydrogens is 633 g/mol. The highest BCUT2D eigenvalue weighted by Gasteiger charge is 2.56. The summed E-state index contributed by atoms with van der Waals surface area (Å²) in [7, 11) is 1.55. The first-order chi connectivity index (χ1) is 19.7. The van der Waals surface area contributed by atoms with Crippen molar-refractivity contribution in [2.75, 3.05) is 17.3 Å². The van der Waals surface area contributed by atoms with Crippen LogP contribution in [0.15, 0.2) is 87.1 Å². The van der Waals surface area contributed by atoms with Gasteiger partial charge in [0.1, 0.15) is 23.4 Å². The lowest BCUT2D eigenvalue weighted by atomic mass is 9.83. The Morgan fingerprint density at radius 3 is 2.44 bits per heavy atom. The Kier molecular flexibility index (Phi) is 7.30. The van der Waals surface area contributed by atoms with Crippen molar-refractivity contribution < 1.29 is 23.5 Å². The number of anilines is 2. The zero-order valence-electron chi connectivity index (χ0n) is 21.4. The number of hydrogen-bond donors (Lipinski definition) is 1. The molecule has 2 aliphatic rings. The van der Waals surface area contributed by atoms with Gasteiger partial charge >= 0.3 is 4.87 Å². The van der Waals surface area contributed by atoms with Gasteiger partial charge in [-0.15, -0.1) is 0 Å². The van der Waals surface area contributed by atoms with Gasteiger partial charge in [-0.3, -0.25) is 23.7 Å². The van der Waals surface area contributed by atoms with E-state index in [2.05, 4.69) is 21.2 Å². The predicted molar refractivity (Wildman–Crippen MR) is 158 cm³/mol. The van der Waals surface area contributed by atoms with Crippen molar-refractivity contribution in [3.63, 3.8) is 0 Å². The first-order valence-corrected chi connectivity index (χ1v) is 15.0. The van der Waals surface area contributed by atoms with E-state index in [0.717, 1.165) is 38.0 Å². The third-order valence-corrected chi connectivity index (χ3v) is 10.1. The second kappa shape index (κ2) is 10.9. The van der Waals surface area contributed by atoms with Crippen LogP contribution in [0.3, 0.4) is 0 Å². The Labute approximate surface area is 250 Å². The summed E-state index contributed by atoms with van der Waals surface area (Å²) in [6, 6.07) is 19.4. The highest BCUT2D eigenvalue weighted by molar-refractivity contribution is 9.10. The highest BCUT2D eigenvalue weighted by atomic mass is 79.9. The number of nitrogens with zero attached hydrogens (tertiary/aromatic N) is 2. The number of aromatic nitrogens is 1. The maximum atomic E-state index is 13.9. The van der Waals surface area contributed by atoms with Crippen LogP contribution >= 0.6 is 39.0 Å². The number of nitrogens with one attached hydrogen (secondary N) is 1. The molecule has 1 fully saturated rings. The molecule has 41 heavy (non-hydrogen) atoms. The Hall–Kier alpha value is -3.74. The van der Waals surface area contributed by atoms with E-state index < -0.39 is 40.6 Å². The minimum absolute atomic E-state index is 0.268. The number of benzene rings is 3. The average molecular weight is 655 g/mol. The van der Waals surface area contributed by atoms with Gasteiger partial charge in [0.05, 0.1) is 23.7 Å². The van der Waals surface area contributed by atoms with E-state index in [4.69, 9.17) is 4.74 Å². The van der Waals surface area contributed by atoms with Crippen LogP contribution in [0.5, 0.6) is 5.75 Å². The molecule has 0 saturated carbocycles. The van der Waals surface area contributed by atoms with Crippen molar-refractivity contribution in [2.24, 2.45) is 5.92 Å². The minimum atomic E-state index is -0.839. The van der Waals surface area contributed by atoms with Crippen molar-refractivity contribution in [2.45, 2.75) is 22.7 Å². The van der Waals surface area contributed by atoms with Gasteiger partial charge in [0.2, 0.25) is 17.7 Å². The van der Waals surface area contributed by atoms with Crippen molar-refractivity contribution in [1.29, 1.82) is 0 Å². The van der Waals surface area contributed by atoms with Crippen LogP contribution in [0.2, 0.25) is 0 Å². The average Bonchev–Trinajstić information content (AvgIpc) is 3.40. The van der Waals surface area contributed by atoms with E-state index in [1.807, 2.05) is 24.3 Å². The van der Waals surface area contributed by atoms with E-state index in [-0.39, 0.29) is 17.1 Å². The second-order valence-electron chi connectivity index (χ2n) is 9.49. The molecule has 0 aliphatic carbocycles. The fraction of sp³-hybridized carbons (Fsp3) is 0.172. The van der Waals surface area contributed by atoms with Crippen LogP contribution in [-0.2, 0) is 20.9 Å². The predicted octanol–water partition coefficient (Wildman–Crippen LogP) is 5.25. The summed E-state index contributed by atoms with van der Waals surface area (Å²) in [5.74, 6) is -2.51. The SMILES string of the molecule is COc1ccc(NC(=O)Cn2c3c(sc2=O)[C@@H](c2cccc(Br)c2)[C@@H]2C(=O)N(c4ccc(F)cc4)C(=O)[C@@H]2S3)cc1. The first-order valence-electron chi connectivity index (χ1n) is 12.5. The number of imide groups is 1. The molecule has 3 amide bonds. The number of rotatable bonds is 6. The lowest BCUT2D eigenvalue weighted by Crippen LogP contribution is -2.33. The standard InChI is InChI=1S/C29H21BrFN3O5S2/c1-39-20-11-7-18(8-12-20)32-21(35)14-33-28-25(41-29(33)38)22(15-3-2-4-16(30)13-15)23-24(40-28)27(37)34(26(23)36)19-9-5-17(31)6-10-19/h2-13,22-24H,14H2,1H3,(H,32,35)/t22-,23-,24+/m0/s1. The fourth-order valence-electron chi connectivity index (χ4n) is 5.18. The number of thiazole rings is 1. The molecule has 4 aromatic rings. The van der Waals surface area contributed by atoms with Crippen LogP contribution < -0.4 is 19.8 Å². The van der Waals surface area contributed by atoms with E-state index in [1.54, 1.807) is 31.4 Å². The molecule has 3 heterocycles. The molecule has 3 aromatic carbocycles. The highest BCUT2D eigenvalue weighted by Crippen LogP contribution is 2.54. The number of carbonyl (C=O) groups is 3. The summed E-state index contributed by atoms with van der Waals surface area (Å²) < 4.78 is 20.9. The molecule has 6 rings (SSSR count). The number of hydrogen-bond acceptors (Lipinski definition) is 7. The smallest absolute Gasteiger partial charge is 0.308 e. The molecule has 208 valence electrons. The largest absolute Gasteiger partial charge is 0.497 e. The summed E-state index contributed by atoms with van der Waals surface area (Å²) >= 11 is 5.59. The normalized spacial score (nSPS) is 19.6. The number of carbonyl (C=O) groups excluding carboxylic acids is 3. The van der Waals surface area contributed by atoms with Gasteiger partial charge in [0.15, 0.2) is 0 Å². The second-order valence-corrected chi connectivity index (χ2v) is 12.5. The summed E-state index contributed by atoms with van der Waals surface area (Å²) in [5.41, 5.74) is 1.58. The van der Waals surface area contributed by atoms with Crippen molar-refractivity contribution in [3.8, 4) is 5.75 Å². The third kappa shape index (κ3) is 5.00. The number of fused-ring (bicyclic) bond motifs is 2. The van der Waals surface area contributed by atoms with Crippen molar-refractivity contribution >= 4 is 68.1 Å². The first kappa shape index (κ1) is 27.4. The third-order valence-electron chi connectivity index (χ3n) is 7.02. The summed E-state index contributed by atoms with van der Waals surface area (Å²) in [4.78, 5) is 55.2. The zero-order chi connectivity index (χ0) is 28.8. The van der Waals surface area contributed by atoms with Gasteiger partial charge in [0.25, 0.3) is 0 Å². The topological polar surface area (TPSA) is 97.7 Å². The number of ether oxygens (including phenoxy) is 1. The number of methoxy groups -OCH3 is 1. The summed E-state index contributed by atoms with van der Waals surface area (Å²) in [5, 5.41) is 2.43. The molecule has 12 heteroatoms. The van der Waals surface area contributed by atoms with Gasteiger partial charge in [-0.25, -0.2) is 9.29 Å². The summed E-state index contributed by atoms with van der Waals surface area (Å²) in [6.07, 6.45) is 0. The van der Waals surface area contributed by atoms with E-state index in [9.17, 15) is 23.6 Å². The number of thioether (sulfide) groups is 1. The number of halogens is 2. The van der Waals surface area contributed by atoms with Crippen molar-refractivity contribution in [3.05, 3.63) is 103 Å². The Bertz CT molecular complexity index is 1740. The molecule has 8 nitrogen and oxygen atoms in total. The van der Waals surface area contributed by atoms with Gasteiger partial charge < -0.3 is 10.1 Å². The molecule has 1 saturated heterocycles. The van der Waals surface area contributed by atoms with Crippen LogP contribution in [0.1, 0.15) is 16.4 Å². The maximum absolute atomic E-state index is 13.9. The molecule has 0 radical (unpaired) electrons. The van der Waals surface area contributed by atoms with E-state index in [0.29, 0.717) is 21.3 Å². The van der Waals surface area contributed by atoms with Gasteiger partial charge in [0, 0.05) is 21.0 Å². The zero-order valence-corrected chi connectivity index (χ0v) is 24.6. The van der Waals surface area contributed by atoms with Crippen LogP contribution in [-0.4, -0.2) is 34.6 Å². The molecule has 2 aliphatic heterocycles. The van der Waals surface area contributed by atoms with E-state index >= 15 is 0 Å². The minimum Gasteiger partial charge on any atom is -0.497 e. The molecule has 0 spiro atoms. The van der Waals surface area contributed by atoms with Gasteiger partial charge in [-0.1, -0.05) is 51.2 Å². The van der Waals surface area contributed by atoms with Crippen LogP contribution in [0, 0.1) is 11.7 Å². The lowest BCUT2D eigenvalue weighted by Gasteiger charge is -2.30. The van der Waals surface area contributed by atoms with Gasteiger partial charge in [-0.05, 0) is 66.2 Å². The number of amides is 3. The van der Waals surface area contributed by atoms with Crippen molar-refractivity contribution in [1.82, 2.24) is 4.57 Å². The van der Waals surface area contributed by atoms with Crippen LogP contribution in [0.25, 0.3) is 0 Å². The molecule has 1 N–H and O–H groups in total. The van der Waals surface area contributed by atoms with Crippen LogP contribution in [0.4, 0.5) is 15.8 Å². The molecule has 1 aromatic heterocycles. The Balaban J connectivity index is 1.39. The maximum Gasteiger partial charge on any atom is 0.308 e. The lowest BCUT2D eigenvalue weighted by molar-refractivity contribution is -0.122. The summed E-state index contributed by atoms with van der Waals surface area (Å²) in [6.45, 7) is -0.268. The molecule has 0 bridgehead atoms. The molecular formula is C29H21BrFN3O5S2. The Morgan fingerprint density at radius 1 is 1.02 bits per heavy atom. The molecule has 3 atom stereocenters. The fourth-order valence-corrected chi connectivity index (χ4v) is 8.37.